The maximum absolute atomic E-state index is 12.7. The molecule has 0 N–H and O–H groups in total. The Morgan fingerprint density at radius 2 is 2.00 bits per heavy atom. The zero-order valence-electron chi connectivity index (χ0n) is 14.6. The van der Waals surface area contributed by atoms with Gasteiger partial charge in [-0.05, 0) is 37.6 Å². The van der Waals surface area contributed by atoms with Crippen molar-refractivity contribution in [3.8, 4) is 0 Å². The first-order chi connectivity index (χ1) is 12.4. The summed E-state index contributed by atoms with van der Waals surface area (Å²) in [4.78, 5) is 29.2. The first-order valence-electron chi connectivity index (χ1n) is 7.91. The number of amides is 1. The van der Waals surface area contributed by atoms with Crippen molar-refractivity contribution >= 4 is 45.0 Å². The summed E-state index contributed by atoms with van der Waals surface area (Å²) in [5.41, 5.74) is 3.04. The summed E-state index contributed by atoms with van der Waals surface area (Å²) >= 11 is 7.62. The van der Waals surface area contributed by atoms with Gasteiger partial charge >= 0.3 is 5.97 Å². The number of fused-ring (bicyclic) bond motifs is 1. The molecule has 0 saturated carbocycles. The molecule has 5 nitrogen and oxygen atoms in total. The van der Waals surface area contributed by atoms with Gasteiger partial charge < -0.3 is 9.30 Å². The van der Waals surface area contributed by atoms with Crippen molar-refractivity contribution in [2.45, 2.75) is 20.4 Å². The maximum atomic E-state index is 12.7. The number of rotatable bonds is 3. The van der Waals surface area contributed by atoms with Crippen molar-refractivity contribution in [1.29, 1.82) is 0 Å². The first-order valence-corrected chi connectivity index (χ1v) is 9.11. The molecular formula is C19H17ClN2O3S. The van der Waals surface area contributed by atoms with E-state index in [2.05, 4.69) is 4.99 Å². The lowest BCUT2D eigenvalue weighted by Gasteiger charge is -2.05. The number of para-hydroxylation sites is 1. The van der Waals surface area contributed by atoms with E-state index in [1.165, 1.54) is 18.4 Å². The lowest BCUT2D eigenvalue weighted by molar-refractivity contribution is -0.141. The molecule has 0 spiro atoms. The molecule has 0 unspecified atom stereocenters. The number of nitrogens with zero attached hydrogens (tertiary/aromatic N) is 2. The van der Waals surface area contributed by atoms with Crippen LogP contribution in [0.1, 0.15) is 21.5 Å². The Kier molecular flexibility index (Phi) is 5.25. The predicted octanol–water partition coefficient (Wildman–Crippen LogP) is 3.89. The summed E-state index contributed by atoms with van der Waals surface area (Å²) < 4.78 is 7.23. The van der Waals surface area contributed by atoms with E-state index in [0.29, 0.717) is 20.9 Å². The summed E-state index contributed by atoms with van der Waals surface area (Å²) in [6, 6.07) is 11.1. The molecule has 0 fully saturated rings. The number of aromatic nitrogens is 1. The highest BCUT2D eigenvalue weighted by Gasteiger charge is 2.15. The van der Waals surface area contributed by atoms with Crippen molar-refractivity contribution in [3.63, 3.8) is 0 Å². The van der Waals surface area contributed by atoms with Gasteiger partial charge in [0.2, 0.25) is 0 Å². The van der Waals surface area contributed by atoms with Gasteiger partial charge in [-0.25, -0.2) is 0 Å². The molecule has 3 aromatic rings. The topological polar surface area (TPSA) is 60.7 Å². The number of methoxy groups -OCH3 is 1. The number of carbonyl (C=O) groups is 2. The molecule has 134 valence electrons. The summed E-state index contributed by atoms with van der Waals surface area (Å²) in [6.45, 7) is 3.72. The van der Waals surface area contributed by atoms with E-state index in [4.69, 9.17) is 16.3 Å². The Morgan fingerprint density at radius 1 is 1.23 bits per heavy atom. The maximum Gasteiger partial charge on any atom is 0.325 e. The number of carbonyl (C=O) groups excluding carboxylic acids is 2. The average Bonchev–Trinajstić information content (AvgIpc) is 2.95. The fraction of sp³-hybridized carbons (Fsp3) is 0.211. The van der Waals surface area contributed by atoms with Crippen LogP contribution in [0.2, 0.25) is 5.02 Å². The second-order valence-corrected chi connectivity index (χ2v) is 7.29. The molecule has 0 bridgehead atoms. The van der Waals surface area contributed by atoms with E-state index in [1.807, 2.05) is 44.2 Å². The summed E-state index contributed by atoms with van der Waals surface area (Å²) in [6.07, 6.45) is 0. The van der Waals surface area contributed by atoms with Gasteiger partial charge in [-0.2, -0.15) is 4.99 Å². The second-order valence-electron chi connectivity index (χ2n) is 5.87. The smallest absolute Gasteiger partial charge is 0.325 e. The summed E-state index contributed by atoms with van der Waals surface area (Å²) in [5.74, 6) is -0.794. The van der Waals surface area contributed by atoms with E-state index in [0.717, 1.165) is 15.8 Å². The average molecular weight is 389 g/mol. The zero-order valence-corrected chi connectivity index (χ0v) is 16.1. The van der Waals surface area contributed by atoms with Crippen LogP contribution < -0.4 is 4.80 Å². The van der Waals surface area contributed by atoms with Gasteiger partial charge in [0.15, 0.2) is 4.80 Å². The largest absolute Gasteiger partial charge is 0.468 e. The number of halogens is 1. The normalized spacial score (nSPS) is 11.8. The molecule has 26 heavy (non-hydrogen) atoms. The number of thiazole rings is 1. The molecule has 0 aliphatic carbocycles. The van der Waals surface area contributed by atoms with Crippen molar-refractivity contribution in [2.75, 3.05) is 7.11 Å². The first kappa shape index (κ1) is 18.4. The Balaban J connectivity index is 2.20. The highest BCUT2D eigenvalue weighted by molar-refractivity contribution is 7.16. The third kappa shape index (κ3) is 3.57. The fourth-order valence-corrected chi connectivity index (χ4v) is 4.01. The van der Waals surface area contributed by atoms with Gasteiger partial charge in [0, 0.05) is 5.56 Å². The number of ether oxygens (including phenoxy) is 1. The van der Waals surface area contributed by atoms with Crippen LogP contribution in [0, 0.1) is 13.8 Å². The quantitative estimate of drug-likeness (QED) is 0.639. The van der Waals surface area contributed by atoms with Crippen LogP contribution >= 0.6 is 22.9 Å². The molecule has 0 atom stereocenters. The van der Waals surface area contributed by atoms with Crippen molar-refractivity contribution < 1.29 is 14.3 Å². The zero-order chi connectivity index (χ0) is 18.8. The number of benzene rings is 2. The SMILES string of the molecule is COC(=O)Cn1c(=NC(=O)c2cc(C)ccc2C)sc2cccc(Cl)c21. The van der Waals surface area contributed by atoms with Gasteiger partial charge in [0.25, 0.3) is 5.91 Å². The minimum Gasteiger partial charge on any atom is -0.468 e. The molecule has 2 aromatic carbocycles. The van der Waals surface area contributed by atoms with Crippen molar-refractivity contribution in [3.05, 3.63) is 62.9 Å². The standard InChI is InChI=1S/C19H17ClN2O3S/c1-11-7-8-12(2)13(9-11)18(24)21-19-22(10-16(23)25-3)17-14(20)5-4-6-15(17)26-19/h4-9H,10H2,1-3H3. The highest BCUT2D eigenvalue weighted by Crippen LogP contribution is 2.25. The van der Waals surface area contributed by atoms with Crippen LogP contribution in [0.4, 0.5) is 0 Å². The molecule has 0 radical (unpaired) electrons. The molecule has 1 aromatic heterocycles. The Hall–Kier alpha value is -2.44. The molecule has 0 aliphatic heterocycles. The second kappa shape index (κ2) is 7.43. The van der Waals surface area contributed by atoms with Crippen LogP contribution in [-0.2, 0) is 16.1 Å². The lowest BCUT2D eigenvalue weighted by Crippen LogP contribution is -2.22. The number of esters is 1. The summed E-state index contributed by atoms with van der Waals surface area (Å²) in [5, 5.41) is 0.489. The number of hydrogen-bond donors (Lipinski definition) is 0. The molecular weight excluding hydrogens is 372 g/mol. The molecule has 0 saturated heterocycles. The van der Waals surface area contributed by atoms with Crippen molar-refractivity contribution in [1.82, 2.24) is 4.57 Å². The third-order valence-corrected chi connectivity index (χ3v) is 5.34. The minimum atomic E-state index is -0.440. The summed E-state index contributed by atoms with van der Waals surface area (Å²) in [7, 11) is 1.32. The fourth-order valence-electron chi connectivity index (χ4n) is 2.63. The van der Waals surface area contributed by atoms with E-state index < -0.39 is 5.97 Å². The van der Waals surface area contributed by atoms with Crippen LogP contribution in [0.15, 0.2) is 41.4 Å². The monoisotopic (exact) mass is 388 g/mol. The third-order valence-electron chi connectivity index (χ3n) is 3.99. The van der Waals surface area contributed by atoms with Gasteiger partial charge in [0.1, 0.15) is 6.54 Å². The van der Waals surface area contributed by atoms with Gasteiger partial charge in [-0.1, -0.05) is 46.7 Å². The van der Waals surface area contributed by atoms with Crippen LogP contribution in [0.25, 0.3) is 10.2 Å². The highest BCUT2D eigenvalue weighted by atomic mass is 35.5. The Labute approximate surface area is 159 Å². The van der Waals surface area contributed by atoms with Gasteiger partial charge in [-0.15, -0.1) is 0 Å². The van der Waals surface area contributed by atoms with Crippen LogP contribution in [0.5, 0.6) is 0 Å². The van der Waals surface area contributed by atoms with Gasteiger partial charge in [0.05, 0.1) is 22.3 Å². The van der Waals surface area contributed by atoms with E-state index in [1.54, 1.807) is 10.6 Å². The molecule has 1 amide bonds. The van der Waals surface area contributed by atoms with Crippen LogP contribution in [-0.4, -0.2) is 23.6 Å². The Bertz CT molecular complexity index is 1080. The minimum absolute atomic E-state index is 0.0703. The van der Waals surface area contributed by atoms with E-state index >= 15 is 0 Å². The molecule has 1 heterocycles. The van der Waals surface area contributed by atoms with Crippen LogP contribution in [0.3, 0.4) is 0 Å². The molecule has 7 heteroatoms. The number of aryl methyl sites for hydroxylation is 2. The number of hydrogen-bond acceptors (Lipinski definition) is 4. The van der Waals surface area contributed by atoms with E-state index in [-0.39, 0.29) is 12.5 Å². The molecule has 3 rings (SSSR count). The van der Waals surface area contributed by atoms with Crippen molar-refractivity contribution in [2.24, 2.45) is 4.99 Å². The Morgan fingerprint density at radius 3 is 2.73 bits per heavy atom. The van der Waals surface area contributed by atoms with Gasteiger partial charge in [-0.3, -0.25) is 9.59 Å². The molecule has 0 aliphatic rings. The predicted molar refractivity (Wildman–Crippen MR) is 103 cm³/mol. The lowest BCUT2D eigenvalue weighted by atomic mass is 10.1. The van der Waals surface area contributed by atoms with E-state index in [9.17, 15) is 9.59 Å².